The molecule has 1 radical (unpaired) electrons. The summed E-state index contributed by atoms with van der Waals surface area (Å²) in [6, 6.07) is 0. The fourth-order valence-corrected chi connectivity index (χ4v) is 0.175. The second kappa shape index (κ2) is 5.35. The van der Waals surface area contributed by atoms with E-state index >= 15 is 0 Å². The zero-order valence-electron chi connectivity index (χ0n) is 5.09. The molecular formula is C5H10O2Ta. The van der Waals surface area contributed by atoms with Crippen LogP contribution in [0.2, 0.25) is 0 Å². The Labute approximate surface area is 64.8 Å². The van der Waals surface area contributed by atoms with Crippen molar-refractivity contribution in [1.82, 2.24) is 0 Å². The van der Waals surface area contributed by atoms with E-state index in [1.54, 1.807) is 6.92 Å². The predicted octanol–water partition coefficient (Wildman–Crippen LogP) is 1.11. The number of rotatable bonds is 2. The monoisotopic (exact) mass is 283 g/mol. The number of carbonyl (C=O) groups is 1. The van der Waals surface area contributed by atoms with Crippen LogP contribution in [0.4, 0.5) is 0 Å². The molecule has 3 heteroatoms. The normalized spacial score (nSPS) is 11.8. The number of hydrogen-bond acceptors (Lipinski definition) is 1. The molecule has 0 fully saturated rings. The third kappa shape index (κ3) is 4.37. The van der Waals surface area contributed by atoms with E-state index in [1.165, 1.54) is 0 Å². The van der Waals surface area contributed by atoms with Crippen molar-refractivity contribution in [1.29, 1.82) is 0 Å². The Morgan fingerprint density at radius 1 is 1.75 bits per heavy atom. The molecule has 0 aromatic rings. The van der Waals surface area contributed by atoms with Gasteiger partial charge < -0.3 is 5.11 Å². The van der Waals surface area contributed by atoms with Gasteiger partial charge in [-0.05, 0) is 6.42 Å². The first-order valence-corrected chi connectivity index (χ1v) is 2.41. The van der Waals surface area contributed by atoms with Crippen molar-refractivity contribution >= 4 is 5.97 Å². The largest absolute Gasteiger partial charge is 0.481 e. The van der Waals surface area contributed by atoms with Gasteiger partial charge in [-0.3, -0.25) is 4.79 Å². The minimum Gasteiger partial charge on any atom is -0.481 e. The van der Waals surface area contributed by atoms with Crippen LogP contribution in [0.15, 0.2) is 0 Å². The maximum Gasteiger partial charge on any atom is 0.306 e. The van der Waals surface area contributed by atoms with Gasteiger partial charge >= 0.3 is 5.97 Å². The summed E-state index contributed by atoms with van der Waals surface area (Å²) >= 11 is 0. The zero-order chi connectivity index (χ0) is 5.86. The molecular weight excluding hydrogens is 273 g/mol. The molecule has 1 N–H and O–H groups in total. The molecule has 0 aliphatic rings. The molecule has 0 heterocycles. The van der Waals surface area contributed by atoms with Gasteiger partial charge in [0.2, 0.25) is 0 Å². The molecule has 0 saturated heterocycles. The van der Waals surface area contributed by atoms with Gasteiger partial charge in [0.25, 0.3) is 0 Å². The van der Waals surface area contributed by atoms with Crippen LogP contribution in [0.25, 0.3) is 0 Å². The average molecular weight is 283 g/mol. The molecule has 0 spiro atoms. The van der Waals surface area contributed by atoms with Gasteiger partial charge in [0.1, 0.15) is 0 Å². The molecule has 0 rings (SSSR count). The van der Waals surface area contributed by atoms with E-state index in [4.69, 9.17) is 5.11 Å². The van der Waals surface area contributed by atoms with Crippen molar-refractivity contribution in [2.24, 2.45) is 5.92 Å². The summed E-state index contributed by atoms with van der Waals surface area (Å²) < 4.78 is 0. The van der Waals surface area contributed by atoms with Crippen LogP contribution in [0, 0.1) is 5.92 Å². The topological polar surface area (TPSA) is 37.3 Å². The Hall–Kier alpha value is 0.210. The molecule has 0 amide bonds. The molecule has 0 aromatic heterocycles. The number of carboxylic acids is 1. The molecule has 0 bridgehead atoms. The summed E-state index contributed by atoms with van der Waals surface area (Å²) in [6.45, 7) is 3.56. The summed E-state index contributed by atoms with van der Waals surface area (Å²) in [7, 11) is 0. The first kappa shape index (κ1) is 11.1. The number of aliphatic carboxylic acids is 1. The Bertz CT molecular complexity index is 72.8. The maximum absolute atomic E-state index is 9.93. The molecule has 1 atom stereocenters. The van der Waals surface area contributed by atoms with Crippen molar-refractivity contribution in [2.45, 2.75) is 20.3 Å². The van der Waals surface area contributed by atoms with Crippen LogP contribution in [0.3, 0.4) is 0 Å². The van der Waals surface area contributed by atoms with E-state index in [2.05, 4.69) is 0 Å². The predicted molar refractivity (Wildman–Crippen MR) is 27.1 cm³/mol. The zero-order valence-corrected chi connectivity index (χ0v) is 8.30. The van der Waals surface area contributed by atoms with E-state index in [1.807, 2.05) is 6.92 Å². The minimum atomic E-state index is -0.706. The van der Waals surface area contributed by atoms with Crippen LogP contribution >= 0.6 is 0 Å². The molecule has 1 unspecified atom stereocenters. The van der Waals surface area contributed by atoms with Crippen molar-refractivity contribution in [3.8, 4) is 0 Å². The van der Waals surface area contributed by atoms with Gasteiger partial charge in [0, 0.05) is 22.4 Å². The van der Waals surface area contributed by atoms with E-state index in [0.29, 0.717) is 0 Å². The van der Waals surface area contributed by atoms with E-state index in [0.717, 1.165) is 6.42 Å². The maximum atomic E-state index is 9.93. The van der Waals surface area contributed by atoms with Crippen molar-refractivity contribution in [2.75, 3.05) is 0 Å². The Morgan fingerprint density at radius 3 is 2.12 bits per heavy atom. The Morgan fingerprint density at radius 2 is 2.12 bits per heavy atom. The quantitative estimate of drug-likeness (QED) is 0.824. The summed E-state index contributed by atoms with van der Waals surface area (Å²) in [4.78, 5) is 9.93. The van der Waals surface area contributed by atoms with Crippen LogP contribution in [0.1, 0.15) is 20.3 Å². The molecule has 2 nitrogen and oxygen atoms in total. The molecule has 0 aromatic carbocycles. The second-order valence-electron chi connectivity index (χ2n) is 1.65. The number of carboxylic acid groups (broad SMARTS) is 1. The van der Waals surface area contributed by atoms with Gasteiger partial charge in [-0.15, -0.1) is 0 Å². The first-order valence-electron chi connectivity index (χ1n) is 2.41. The van der Waals surface area contributed by atoms with Gasteiger partial charge in [-0.2, -0.15) is 0 Å². The third-order valence-electron chi connectivity index (χ3n) is 1.03. The van der Waals surface area contributed by atoms with E-state index < -0.39 is 5.97 Å². The summed E-state index contributed by atoms with van der Waals surface area (Å²) in [5, 5.41) is 8.18. The Kier molecular flexibility index (Phi) is 7.40. The van der Waals surface area contributed by atoms with Crippen LogP contribution in [0.5, 0.6) is 0 Å². The van der Waals surface area contributed by atoms with Crippen molar-refractivity contribution in [3.63, 3.8) is 0 Å². The third-order valence-corrected chi connectivity index (χ3v) is 1.03. The standard InChI is InChI=1S/C5H10O2.Ta/c1-3-4(2)5(6)7;/h4H,3H2,1-2H3,(H,6,7);. The van der Waals surface area contributed by atoms with Crippen LogP contribution in [-0.4, -0.2) is 11.1 Å². The SMILES string of the molecule is CCC(C)C(=O)O.[Ta]. The van der Waals surface area contributed by atoms with Gasteiger partial charge in [0.15, 0.2) is 0 Å². The summed E-state index contributed by atoms with van der Waals surface area (Å²) in [5.74, 6) is -0.887. The molecule has 0 saturated carbocycles. The van der Waals surface area contributed by atoms with Crippen molar-refractivity contribution < 1.29 is 32.3 Å². The molecule has 47 valence electrons. The molecule has 0 aliphatic heterocycles. The van der Waals surface area contributed by atoms with Crippen LogP contribution in [-0.2, 0) is 27.2 Å². The fourth-order valence-electron chi connectivity index (χ4n) is 0.175. The molecule has 0 aliphatic carbocycles. The fraction of sp³-hybridized carbons (Fsp3) is 0.800. The summed E-state index contributed by atoms with van der Waals surface area (Å²) in [5.41, 5.74) is 0. The van der Waals surface area contributed by atoms with Gasteiger partial charge in [-0.25, -0.2) is 0 Å². The second-order valence-corrected chi connectivity index (χ2v) is 1.65. The molecule has 8 heavy (non-hydrogen) atoms. The summed E-state index contributed by atoms with van der Waals surface area (Å²) in [6.07, 6.45) is 0.718. The van der Waals surface area contributed by atoms with E-state index in [-0.39, 0.29) is 28.3 Å². The van der Waals surface area contributed by atoms with Gasteiger partial charge in [-0.1, -0.05) is 13.8 Å². The van der Waals surface area contributed by atoms with Crippen LogP contribution < -0.4 is 0 Å². The Balaban J connectivity index is 0. The number of hydrogen-bond donors (Lipinski definition) is 1. The van der Waals surface area contributed by atoms with E-state index in [9.17, 15) is 4.79 Å². The average Bonchev–Trinajstić information content (AvgIpc) is 1.65. The van der Waals surface area contributed by atoms with Gasteiger partial charge in [0.05, 0.1) is 5.92 Å². The minimum absolute atomic E-state index is 0. The first-order chi connectivity index (χ1) is 3.18. The smallest absolute Gasteiger partial charge is 0.306 e. The van der Waals surface area contributed by atoms with Crippen molar-refractivity contribution in [3.05, 3.63) is 0 Å².